The lowest BCUT2D eigenvalue weighted by molar-refractivity contribution is -0.140. The summed E-state index contributed by atoms with van der Waals surface area (Å²) in [5.74, 6) is -0.657. The van der Waals surface area contributed by atoms with Gasteiger partial charge in [-0.15, -0.1) is 0 Å². The Hall–Kier alpha value is -3.52. The number of fused-ring (bicyclic) bond motifs is 1. The first-order valence-corrected chi connectivity index (χ1v) is 12.5. The quantitative estimate of drug-likeness (QED) is 0.310. The van der Waals surface area contributed by atoms with E-state index in [1.54, 1.807) is 24.3 Å². The average Bonchev–Trinajstić information content (AvgIpc) is 3.37. The molecule has 2 aromatic carbocycles. The topological polar surface area (TPSA) is 99.5 Å². The Labute approximate surface area is 211 Å². The van der Waals surface area contributed by atoms with Gasteiger partial charge in [0.1, 0.15) is 17.6 Å². The Morgan fingerprint density at radius 1 is 1.17 bits per heavy atom. The van der Waals surface area contributed by atoms with Crippen LogP contribution >= 0.6 is 0 Å². The third-order valence-corrected chi connectivity index (χ3v) is 7.00. The third-order valence-electron chi connectivity index (χ3n) is 7.00. The lowest BCUT2D eigenvalue weighted by Gasteiger charge is -2.27. The van der Waals surface area contributed by atoms with Crippen molar-refractivity contribution in [2.45, 2.75) is 45.8 Å². The van der Waals surface area contributed by atoms with Crippen LogP contribution in [0.5, 0.6) is 17.2 Å². The molecule has 36 heavy (non-hydrogen) atoms. The van der Waals surface area contributed by atoms with E-state index in [-0.39, 0.29) is 28.9 Å². The number of ether oxygens (including phenoxy) is 2. The number of phenolic OH excluding ortho intramolecular Hbond substituents is 1. The van der Waals surface area contributed by atoms with Gasteiger partial charge in [0, 0.05) is 18.5 Å². The zero-order chi connectivity index (χ0) is 26.0. The SMILES string of the molecule is CCN(CC)CCCN1C(=O)C(=O)C(=C(O)c2ccc3c(c2)C[C@H](C)O3)[C@H]1c1ccc(O)c(OC)c1. The van der Waals surface area contributed by atoms with E-state index in [2.05, 4.69) is 18.7 Å². The molecule has 2 aromatic rings. The molecular weight excluding hydrogens is 460 g/mol. The number of aromatic hydroxyl groups is 1. The average molecular weight is 495 g/mol. The lowest BCUT2D eigenvalue weighted by Crippen LogP contribution is -2.33. The molecule has 0 spiro atoms. The lowest BCUT2D eigenvalue weighted by atomic mass is 9.94. The number of hydrogen-bond acceptors (Lipinski definition) is 7. The molecule has 0 bridgehead atoms. The molecule has 2 aliphatic heterocycles. The molecule has 2 N–H and O–H groups in total. The smallest absolute Gasteiger partial charge is 0.295 e. The number of methoxy groups -OCH3 is 1. The normalized spacial score (nSPS) is 20.6. The minimum Gasteiger partial charge on any atom is -0.507 e. The van der Waals surface area contributed by atoms with Gasteiger partial charge >= 0.3 is 0 Å². The summed E-state index contributed by atoms with van der Waals surface area (Å²) in [4.78, 5) is 30.3. The molecule has 8 nitrogen and oxygen atoms in total. The number of likely N-dealkylation sites (tertiary alicyclic amines) is 1. The maximum atomic E-state index is 13.3. The second kappa shape index (κ2) is 10.6. The van der Waals surface area contributed by atoms with Crippen LogP contribution in [0.1, 0.15) is 49.9 Å². The molecule has 4 rings (SSSR count). The van der Waals surface area contributed by atoms with Crippen LogP contribution in [0, 0.1) is 0 Å². The first-order valence-electron chi connectivity index (χ1n) is 12.5. The summed E-state index contributed by atoms with van der Waals surface area (Å²) >= 11 is 0. The van der Waals surface area contributed by atoms with Gasteiger partial charge in [0.25, 0.3) is 11.7 Å². The standard InChI is InChI=1S/C28H34N2O6/c1-5-29(6-2)12-7-13-30-25(18-8-10-21(31)23(16-18)35-4)24(27(33)28(30)34)26(32)19-9-11-22-20(15-19)14-17(3)36-22/h8-11,15-17,25,31-32H,5-7,12-14H2,1-4H3/t17-,25+/m0/s1. The molecule has 192 valence electrons. The van der Waals surface area contributed by atoms with Crippen molar-refractivity contribution in [2.24, 2.45) is 0 Å². The van der Waals surface area contributed by atoms with Crippen LogP contribution in [0.3, 0.4) is 0 Å². The van der Waals surface area contributed by atoms with Gasteiger partial charge in [0.2, 0.25) is 0 Å². The highest BCUT2D eigenvalue weighted by Gasteiger charge is 2.46. The van der Waals surface area contributed by atoms with E-state index in [0.717, 1.165) is 30.9 Å². The van der Waals surface area contributed by atoms with Crippen molar-refractivity contribution in [3.8, 4) is 17.2 Å². The number of nitrogens with zero attached hydrogens (tertiary/aromatic N) is 2. The van der Waals surface area contributed by atoms with Crippen molar-refractivity contribution in [1.82, 2.24) is 9.80 Å². The van der Waals surface area contributed by atoms with Gasteiger partial charge in [0.15, 0.2) is 11.5 Å². The molecule has 1 fully saturated rings. The van der Waals surface area contributed by atoms with Crippen LogP contribution in [0.4, 0.5) is 0 Å². The Balaban J connectivity index is 1.77. The number of amides is 1. The Kier molecular flexibility index (Phi) is 7.54. The number of Topliss-reactive ketones (excluding diaryl/α,β-unsaturated/α-hetero) is 1. The molecule has 2 aliphatic rings. The highest BCUT2D eigenvalue weighted by molar-refractivity contribution is 6.46. The predicted molar refractivity (Wildman–Crippen MR) is 136 cm³/mol. The van der Waals surface area contributed by atoms with Crippen molar-refractivity contribution < 1.29 is 29.3 Å². The summed E-state index contributed by atoms with van der Waals surface area (Å²) in [5.41, 5.74) is 2.01. The second-order valence-corrected chi connectivity index (χ2v) is 9.26. The van der Waals surface area contributed by atoms with Crippen molar-refractivity contribution >= 4 is 17.4 Å². The summed E-state index contributed by atoms with van der Waals surface area (Å²) in [6, 6.07) is 9.22. The van der Waals surface area contributed by atoms with Crippen molar-refractivity contribution in [1.29, 1.82) is 0 Å². The first-order chi connectivity index (χ1) is 17.3. The number of aliphatic hydroxyl groups is 1. The fraction of sp³-hybridized carbons (Fsp3) is 0.429. The van der Waals surface area contributed by atoms with Crippen molar-refractivity contribution in [3.63, 3.8) is 0 Å². The Bertz CT molecular complexity index is 1190. The number of aliphatic hydroxyl groups excluding tert-OH is 1. The predicted octanol–water partition coefficient (Wildman–Crippen LogP) is 3.88. The monoisotopic (exact) mass is 494 g/mol. The Morgan fingerprint density at radius 3 is 2.61 bits per heavy atom. The number of phenols is 1. The van der Waals surface area contributed by atoms with Gasteiger partial charge in [0.05, 0.1) is 18.7 Å². The van der Waals surface area contributed by atoms with Gasteiger partial charge in [-0.05, 0) is 74.4 Å². The minimum absolute atomic E-state index is 0.0301. The van der Waals surface area contributed by atoms with E-state index in [0.29, 0.717) is 30.5 Å². The maximum absolute atomic E-state index is 13.3. The van der Waals surface area contributed by atoms with Gasteiger partial charge in [-0.2, -0.15) is 0 Å². The summed E-state index contributed by atoms with van der Waals surface area (Å²) < 4.78 is 11.0. The third kappa shape index (κ3) is 4.78. The summed E-state index contributed by atoms with van der Waals surface area (Å²) in [6.45, 7) is 9.07. The summed E-state index contributed by atoms with van der Waals surface area (Å²) in [6.07, 6.45) is 1.42. The second-order valence-electron chi connectivity index (χ2n) is 9.26. The molecule has 0 saturated carbocycles. The van der Waals surface area contributed by atoms with Crippen LogP contribution in [0.25, 0.3) is 5.76 Å². The number of ketones is 1. The van der Waals surface area contributed by atoms with E-state index in [4.69, 9.17) is 9.47 Å². The van der Waals surface area contributed by atoms with E-state index in [1.165, 1.54) is 18.1 Å². The molecular formula is C28H34N2O6. The molecule has 2 heterocycles. The fourth-order valence-electron chi connectivity index (χ4n) is 5.05. The number of rotatable bonds is 9. The van der Waals surface area contributed by atoms with Crippen LogP contribution in [-0.2, 0) is 16.0 Å². The molecule has 1 saturated heterocycles. The zero-order valence-corrected chi connectivity index (χ0v) is 21.3. The van der Waals surface area contributed by atoms with Gasteiger partial charge in [-0.25, -0.2) is 0 Å². The molecule has 2 atom stereocenters. The Morgan fingerprint density at radius 2 is 1.92 bits per heavy atom. The molecule has 0 aliphatic carbocycles. The van der Waals surface area contributed by atoms with Gasteiger partial charge in [-0.1, -0.05) is 19.9 Å². The van der Waals surface area contributed by atoms with Gasteiger partial charge in [-0.3, -0.25) is 9.59 Å². The number of carbonyl (C=O) groups is 2. The molecule has 1 amide bonds. The number of hydrogen-bond donors (Lipinski definition) is 2. The van der Waals surface area contributed by atoms with Crippen molar-refractivity contribution in [2.75, 3.05) is 33.3 Å². The zero-order valence-electron chi connectivity index (χ0n) is 21.3. The van der Waals surface area contributed by atoms with Gasteiger partial charge < -0.3 is 29.5 Å². The molecule has 0 unspecified atom stereocenters. The van der Waals surface area contributed by atoms with E-state index in [1.807, 2.05) is 13.0 Å². The number of carbonyl (C=O) groups excluding carboxylic acids is 2. The summed E-state index contributed by atoms with van der Waals surface area (Å²) in [7, 11) is 1.44. The number of benzene rings is 2. The van der Waals surface area contributed by atoms with Crippen LogP contribution in [-0.4, -0.2) is 71.1 Å². The van der Waals surface area contributed by atoms with Crippen molar-refractivity contribution in [3.05, 3.63) is 58.7 Å². The highest BCUT2D eigenvalue weighted by atomic mass is 16.5. The van der Waals surface area contributed by atoms with Crippen LogP contribution < -0.4 is 9.47 Å². The van der Waals surface area contributed by atoms with Crippen LogP contribution in [0.15, 0.2) is 42.0 Å². The molecule has 0 aromatic heterocycles. The van der Waals surface area contributed by atoms with E-state index >= 15 is 0 Å². The minimum atomic E-state index is -0.806. The van der Waals surface area contributed by atoms with E-state index in [9.17, 15) is 19.8 Å². The largest absolute Gasteiger partial charge is 0.507 e. The van der Waals surface area contributed by atoms with Crippen LogP contribution in [0.2, 0.25) is 0 Å². The first kappa shape index (κ1) is 25.6. The molecule has 0 radical (unpaired) electrons. The highest BCUT2D eigenvalue weighted by Crippen LogP contribution is 2.42. The fourth-order valence-corrected chi connectivity index (χ4v) is 5.05. The van der Waals surface area contributed by atoms with E-state index < -0.39 is 17.7 Å². The maximum Gasteiger partial charge on any atom is 0.295 e. The summed E-state index contributed by atoms with van der Waals surface area (Å²) in [5, 5.41) is 21.5. The molecule has 8 heteroatoms.